The van der Waals surface area contributed by atoms with Crippen molar-refractivity contribution in [3.8, 4) is 0 Å². The third-order valence-electron chi connectivity index (χ3n) is 3.33. The first-order valence-corrected chi connectivity index (χ1v) is 6.15. The van der Waals surface area contributed by atoms with Crippen LogP contribution in [0.15, 0.2) is 18.2 Å². The number of fused-ring (bicyclic) bond motifs is 1. The number of aliphatic carboxylic acids is 1. The molecule has 0 spiro atoms. The van der Waals surface area contributed by atoms with E-state index in [9.17, 15) is 9.59 Å². The Bertz CT molecular complexity index is 522. The minimum Gasteiger partial charge on any atom is -0.480 e. The molecule has 0 unspecified atom stereocenters. The topological polar surface area (TPSA) is 75.6 Å². The second kappa shape index (κ2) is 5.01. The molecule has 102 valence electrons. The van der Waals surface area contributed by atoms with Crippen molar-refractivity contribution >= 4 is 17.6 Å². The number of carbonyl (C=O) groups excluding carboxylic acids is 1. The van der Waals surface area contributed by atoms with Gasteiger partial charge in [-0.2, -0.15) is 0 Å². The van der Waals surface area contributed by atoms with Gasteiger partial charge in [0.15, 0.2) is 0 Å². The molecular formula is C14H17NO4. The minimum atomic E-state index is -0.968. The number of hydrogen-bond acceptors (Lipinski definition) is 3. The molecule has 2 N–H and O–H groups in total. The van der Waals surface area contributed by atoms with Crippen LogP contribution in [0.1, 0.15) is 25.0 Å². The van der Waals surface area contributed by atoms with Gasteiger partial charge in [0.2, 0.25) is 5.91 Å². The van der Waals surface area contributed by atoms with Gasteiger partial charge in [-0.25, -0.2) is 4.79 Å². The van der Waals surface area contributed by atoms with E-state index in [-0.39, 0.29) is 12.5 Å². The maximum absolute atomic E-state index is 11.8. The maximum Gasteiger partial charge on any atom is 0.329 e. The second-order valence-electron chi connectivity index (χ2n) is 5.16. The Morgan fingerprint density at radius 2 is 2.16 bits per heavy atom. The highest BCUT2D eigenvalue weighted by atomic mass is 16.5. The van der Waals surface area contributed by atoms with Gasteiger partial charge in [0.25, 0.3) is 0 Å². The molecule has 1 aromatic rings. The summed E-state index contributed by atoms with van der Waals surface area (Å²) in [5, 5.41) is 11.3. The smallest absolute Gasteiger partial charge is 0.329 e. The molecule has 1 heterocycles. The number of amides is 1. The summed E-state index contributed by atoms with van der Waals surface area (Å²) in [5.41, 5.74) is 2.35. The molecule has 5 heteroatoms. The first-order chi connectivity index (χ1) is 8.91. The van der Waals surface area contributed by atoms with E-state index in [1.54, 1.807) is 0 Å². The Morgan fingerprint density at radius 1 is 1.42 bits per heavy atom. The van der Waals surface area contributed by atoms with Crippen LogP contribution in [0.25, 0.3) is 0 Å². The van der Waals surface area contributed by atoms with E-state index in [1.807, 2.05) is 32.0 Å². The summed E-state index contributed by atoms with van der Waals surface area (Å²) in [5.74, 6) is -0.966. The average molecular weight is 263 g/mol. The zero-order valence-electron chi connectivity index (χ0n) is 11.0. The molecule has 1 aromatic carbocycles. The molecule has 1 amide bonds. The number of carboxylic acid groups (broad SMARTS) is 1. The second-order valence-corrected chi connectivity index (χ2v) is 5.16. The fourth-order valence-corrected chi connectivity index (χ4v) is 2.12. The van der Waals surface area contributed by atoms with Gasteiger partial charge in [-0.15, -0.1) is 0 Å². The van der Waals surface area contributed by atoms with Crippen LogP contribution >= 0.6 is 0 Å². The predicted molar refractivity (Wildman–Crippen MR) is 70.3 cm³/mol. The van der Waals surface area contributed by atoms with Crippen LogP contribution in [0.5, 0.6) is 0 Å². The van der Waals surface area contributed by atoms with E-state index in [2.05, 4.69) is 5.32 Å². The third kappa shape index (κ3) is 2.76. The average Bonchev–Trinajstić information content (AvgIpc) is 2.56. The van der Waals surface area contributed by atoms with Crippen molar-refractivity contribution in [2.75, 3.05) is 18.5 Å². The predicted octanol–water partition coefficient (Wildman–Crippen LogP) is 1.56. The van der Waals surface area contributed by atoms with Crippen LogP contribution in [0.2, 0.25) is 0 Å². The molecule has 0 aromatic heterocycles. The fourth-order valence-electron chi connectivity index (χ4n) is 2.12. The molecule has 19 heavy (non-hydrogen) atoms. The Hall–Kier alpha value is -1.88. The summed E-state index contributed by atoms with van der Waals surface area (Å²) in [7, 11) is 0. The van der Waals surface area contributed by atoms with E-state index in [1.165, 1.54) is 0 Å². The molecule has 0 fully saturated rings. The summed E-state index contributed by atoms with van der Waals surface area (Å²) < 4.78 is 5.01. The zero-order chi connectivity index (χ0) is 14.0. The van der Waals surface area contributed by atoms with Crippen molar-refractivity contribution in [3.05, 3.63) is 29.3 Å². The van der Waals surface area contributed by atoms with E-state index in [0.717, 1.165) is 16.8 Å². The summed E-state index contributed by atoms with van der Waals surface area (Å²) in [6.07, 6.45) is 0.630. The lowest BCUT2D eigenvalue weighted by molar-refractivity contribution is -0.142. The molecule has 0 saturated heterocycles. The number of benzene rings is 1. The van der Waals surface area contributed by atoms with E-state index in [0.29, 0.717) is 13.0 Å². The van der Waals surface area contributed by atoms with Crippen LogP contribution in [0.4, 0.5) is 5.69 Å². The molecular weight excluding hydrogens is 246 g/mol. The third-order valence-corrected chi connectivity index (χ3v) is 3.33. The van der Waals surface area contributed by atoms with Gasteiger partial charge < -0.3 is 15.2 Å². The Morgan fingerprint density at radius 3 is 2.84 bits per heavy atom. The lowest BCUT2D eigenvalue weighted by Crippen LogP contribution is -2.26. The van der Waals surface area contributed by atoms with E-state index in [4.69, 9.17) is 9.84 Å². The summed E-state index contributed by atoms with van der Waals surface area (Å²) in [6.45, 7) is 3.85. The van der Waals surface area contributed by atoms with Gasteiger partial charge in [-0.3, -0.25) is 4.79 Å². The van der Waals surface area contributed by atoms with Crippen LogP contribution in [0, 0.1) is 0 Å². The van der Waals surface area contributed by atoms with Gasteiger partial charge in [-0.05, 0) is 37.5 Å². The van der Waals surface area contributed by atoms with Crippen LogP contribution < -0.4 is 5.32 Å². The SMILES string of the molecule is CC1(C)C(=O)Nc2ccc(CCOCC(=O)O)cc21. The zero-order valence-corrected chi connectivity index (χ0v) is 11.0. The first-order valence-electron chi connectivity index (χ1n) is 6.15. The molecule has 2 rings (SSSR count). The quantitative estimate of drug-likeness (QED) is 0.790. The standard InChI is InChI=1S/C14H17NO4/c1-14(2)10-7-9(5-6-19-8-12(16)17)3-4-11(10)15-13(14)18/h3-4,7H,5-6,8H2,1-2H3,(H,15,18)(H,16,17). The molecule has 5 nitrogen and oxygen atoms in total. The largest absolute Gasteiger partial charge is 0.480 e. The van der Waals surface area contributed by atoms with Gasteiger partial charge in [0.1, 0.15) is 6.61 Å². The molecule has 0 aliphatic carbocycles. The highest BCUT2D eigenvalue weighted by Gasteiger charge is 2.38. The molecule has 0 bridgehead atoms. The first kappa shape index (κ1) is 13.5. The van der Waals surface area contributed by atoms with Gasteiger partial charge >= 0.3 is 5.97 Å². The van der Waals surface area contributed by atoms with Gasteiger partial charge in [0.05, 0.1) is 12.0 Å². The van der Waals surface area contributed by atoms with Crippen molar-refractivity contribution in [1.29, 1.82) is 0 Å². The number of carbonyl (C=O) groups is 2. The summed E-state index contributed by atoms with van der Waals surface area (Å²) in [4.78, 5) is 22.1. The maximum atomic E-state index is 11.8. The number of carboxylic acids is 1. The highest BCUT2D eigenvalue weighted by Crippen LogP contribution is 2.37. The molecule has 0 radical (unpaired) electrons. The molecule has 0 saturated carbocycles. The van der Waals surface area contributed by atoms with Crippen LogP contribution in [-0.2, 0) is 26.2 Å². The van der Waals surface area contributed by atoms with Crippen molar-refractivity contribution in [1.82, 2.24) is 0 Å². The van der Waals surface area contributed by atoms with E-state index < -0.39 is 11.4 Å². The van der Waals surface area contributed by atoms with Crippen molar-refractivity contribution in [2.45, 2.75) is 25.7 Å². The highest BCUT2D eigenvalue weighted by molar-refractivity contribution is 6.05. The number of nitrogens with one attached hydrogen (secondary N) is 1. The molecule has 1 aliphatic rings. The number of hydrogen-bond donors (Lipinski definition) is 2. The Labute approximate surface area is 111 Å². The van der Waals surface area contributed by atoms with Crippen LogP contribution in [-0.4, -0.2) is 30.2 Å². The Kier molecular flexibility index (Phi) is 3.57. The molecule has 0 atom stereocenters. The number of anilines is 1. The lowest BCUT2D eigenvalue weighted by atomic mass is 9.85. The summed E-state index contributed by atoms with van der Waals surface area (Å²) in [6, 6.07) is 5.79. The van der Waals surface area contributed by atoms with Gasteiger partial charge in [0, 0.05) is 5.69 Å². The van der Waals surface area contributed by atoms with Crippen molar-refractivity contribution in [3.63, 3.8) is 0 Å². The van der Waals surface area contributed by atoms with Gasteiger partial charge in [-0.1, -0.05) is 12.1 Å². The summed E-state index contributed by atoms with van der Waals surface area (Å²) >= 11 is 0. The van der Waals surface area contributed by atoms with E-state index >= 15 is 0 Å². The van der Waals surface area contributed by atoms with Crippen LogP contribution in [0.3, 0.4) is 0 Å². The number of ether oxygens (including phenoxy) is 1. The monoisotopic (exact) mass is 263 g/mol. The fraction of sp³-hybridized carbons (Fsp3) is 0.429. The minimum absolute atomic E-state index is 0.00165. The van der Waals surface area contributed by atoms with Crippen molar-refractivity contribution < 1.29 is 19.4 Å². The molecule has 1 aliphatic heterocycles. The van der Waals surface area contributed by atoms with Crippen molar-refractivity contribution in [2.24, 2.45) is 0 Å². The normalized spacial score (nSPS) is 16.0. The number of rotatable bonds is 5. The lowest BCUT2D eigenvalue weighted by Gasteiger charge is -2.15. The Balaban J connectivity index is 2.04.